The normalized spacial score (nSPS) is 18.8. The van der Waals surface area contributed by atoms with Gasteiger partial charge in [-0.3, -0.25) is 4.79 Å². The van der Waals surface area contributed by atoms with Crippen LogP contribution in [-0.4, -0.2) is 31.0 Å². The van der Waals surface area contributed by atoms with Gasteiger partial charge >= 0.3 is 10.1 Å². The van der Waals surface area contributed by atoms with Crippen molar-refractivity contribution < 1.29 is 17.4 Å². The topological polar surface area (TPSA) is 97.2 Å². The zero-order valence-corrected chi connectivity index (χ0v) is 16.9. The summed E-state index contributed by atoms with van der Waals surface area (Å²) in [6.07, 6.45) is 1.46. The van der Waals surface area contributed by atoms with Gasteiger partial charge in [0.1, 0.15) is 10.6 Å². The van der Waals surface area contributed by atoms with Crippen molar-refractivity contribution in [2.75, 3.05) is 0 Å². The van der Waals surface area contributed by atoms with E-state index in [1.54, 1.807) is 42.5 Å². The second-order valence-electron chi connectivity index (χ2n) is 6.34. The molecule has 1 aliphatic rings. The van der Waals surface area contributed by atoms with E-state index in [0.29, 0.717) is 10.7 Å². The van der Waals surface area contributed by atoms with E-state index in [1.807, 2.05) is 13.8 Å². The van der Waals surface area contributed by atoms with Crippen LogP contribution >= 0.6 is 11.8 Å². The lowest BCUT2D eigenvalue weighted by Crippen LogP contribution is -2.27. The molecule has 0 spiro atoms. The molecule has 9 heteroatoms. The van der Waals surface area contributed by atoms with Crippen LogP contribution in [0.1, 0.15) is 19.4 Å². The van der Waals surface area contributed by atoms with Crippen LogP contribution in [0.2, 0.25) is 0 Å². The molecule has 2 aromatic rings. The molecular formula is C19H19N3O4S2. The van der Waals surface area contributed by atoms with Gasteiger partial charge in [-0.25, -0.2) is 0 Å². The van der Waals surface area contributed by atoms with Gasteiger partial charge in [-0.15, -0.1) is 5.10 Å². The van der Waals surface area contributed by atoms with Gasteiger partial charge < -0.3 is 9.50 Å². The number of hydrogen-bond donors (Lipinski definition) is 1. The maximum Gasteiger partial charge on any atom is 0.339 e. The summed E-state index contributed by atoms with van der Waals surface area (Å²) in [7, 11) is -3.91. The SMILES string of the molecule is CC(C)[C@@H]1S/C(=N/N=C\c2cccc(OS(=O)(=O)c3ccccc3)c2)NC1=O. The molecule has 1 fully saturated rings. The van der Waals surface area contributed by atoms with Gasteiger partial charge in [0.25, 0.3) is 0 Å². The maximum atomic E-state index is 12.3. The van der Waals surface area contributed by atoms with E-state index in [2.05, 4.69) is 15.5 Å². The standard InChI is InChI=1S/C19H19N3O4S2/c1-13(2)17-18(23)21-19(27-17)22-20-12-14-7-6-8-15(11-14)26-28(24,25)16-9-4-3-5-10-16/h3-13,17H,1-2H3,(H,21,22,23)/b20-12-/t17-/m0/s1. The van der Waals surface area contributed by atoms with Crippen molar-refractivity contribution in [1.82, 2.24) is 5.32 Å². The second kappa shape index (κ2) is 8.57. The van der Waals surface area contributed by atoms with Crippen LogP contribution in [0.4, 0.5) is 0 Å². The quantitative estimate of drug-likeness (QED) is 0.443. The van der Waals surface area contributed by atoms with Crippen molar-refractivity contribution >= 4 is 39.2 Å². The number of benzene rings is 2. The lowest BCUT2D eigenvalue weighted by molar-refractivity contribution is -0.119. The highest BCUT2D eigenvalue weighted by molar-refractivity contribution is 8.15. The number of nitrogens with one attached hydrogen (secondary N) is 1. The molecule has 0 aliphatic carbocycles. The third kappa shape index (κ3) is 4.99. The number of amidine groups is 1. The molecule has 1 aliphatic heterocycles. The Kier molecular flexibility index (Phi) is 6.15. The summed E-state index contributed by atoms with van der Waals surface area (Å²) < 4.78 is 29.8. The Labute approximate surface area is 168 Å². The minimum absolute atomic E-state index is 0.0736. The Morgan fingerprint density at radius 1 is 1.14 bits per heavy atom. The number of rotatable bonds is 6. The van der Waals surface area contributed by atoms with Crippen molar-refractivity contribution in [3.05, 3.63) is 60.2 Å². The lowest BCUT2D eigenvalue weighted by atomic mass is 10.1. The van der Waals surface area contributed by atoms with Crippen LogP contribution in [0.15, 0.2) is 69.7 Å². The first-order valence-electron chi connectivity index (χ1n) is 8.53. The molecule has 1 saturated heterocycles. The molecule has 2 aromatic carbocycles. The number of amides is 1. The predicted octanol–water partition coefficient (Wildman–Crippen LogP) is 3.03. The Balaban J connectivity index is 1.70. The average molecular weight is 418 g/mol. The number of nitrogens with zero attached hydrogens (tertiary/aromatic N) is 2. The Morgan fingerprint density at radius 3 is 2.57 bits per heavy atom. The molecule has 0 bridgehead atoms. The first-order valence-corrected chi connectivity index (χ1v) is 10.8. The molecule has 0 unspecified atom stereocenters. The Hall–Kier alpha value is -2.65. The number of carbonyl (C=O) groups excluding carboxylic acids is 1. The monoisotopic (exact) mass is 417 g/mol. The largest absolute Gasteiger partial charge is 0.379 e. The minimum atomic E-state index is -3.91. The van der Waals surface area contributed by atoms with Gasteiger partial charge in [-0.05, 0) is 35.7 Å². The van der Waals surface area contributed by atoms with Crippen LogP contribution in [-0.2, 0) is 14.9 Å². The van der Waals surface area contributed by atoms with Crippen LogP contribution in [0.3, 0.4) is 0 Å². The Bertz CT molecular complexity index is 1020. The minimum Gasteiger partial charge on any atom is -0.379 e. The van der Waals surface area contributed by atoms with Crippen LogP contribution in [0.25, 0.3) is 0 Å². The lowest BCUT2D eigenvalue weighted by Gasteiger charge is -2.07. The molecule has 7 nitrogen and oxygen atoms in total. The summed E-state index contributed by atoms with van der Waals surface area (Å²) in [6, 6.07) is 14.4. The fraction of sp³-hybridized carbons (Fsp3) is 0.211. The van der Waals surface area contributed by atoms with Crippen molar-refractivity contribution in [1.29, 1.82) is 0 Å². The molecule has 1 N–H and O–H groups in total. The third-order valence-corrected chi connectivity index (χ3v) is 6.46. The highest BCUT2D eigenvalue weighted by atomic mass is 32.2. The predicted molar refractivity (Wildman–Crippen MR) is 110 cm³/mol. The van der Waals surface area contributed by atoms with E-state index in [0.717, 1.165) is 0 Å². The van der Waals surface area contributed by atoms with Gasteiger partial charge in [-0.1, -0.05) is 55.9 Å². The fourth-order valence-electron chi connectivity index (χ4n) is 2.42. The van der Waals surface area contributed by atoms with Gasteiger partial charge in [0.15, 0.2) is 5.17 Å². The van der Waals surface area contributed by atoms with Gasteiger partial charge in [0, 0.05) is 0 Å². The average Bonchev–Trinajstić information content (AvgIpc) is 3.03. The Morgan fingerprint density at radius 2 is 1.89 bits per heavy atom. The summed E-state index contributed by atoms with van der Waals surface area (Å²) in [6.45, 7) is 3.94. The van der Waals surface area contributed by atoms with Crippen LogP contribution < -0.4 is 9.50 Å². The molecule has 146 valence electrons. The van der Waals surface area contributed by atoms with Gasteiger partial charge in [0.2, 0.25) is 5.91 Å². The first-order chi connectivity index (χ1) is 13.3. The molecule has 1 amide bonds. The second-order valence-corrected chi connectivity index (χ2v) is 9.02. The molecular weight excluding hydrogens is 398 g/mol. The molecule has 28 heavy (non-hydrogen) atoms. The third-order valence-electron chi connectivity index (χ3n) is 3.78. The van der Waals surface area contributed by atoms with E-state index in [1.165, 1.54) is 30.1 Å². The highest BCUT2D eigenvalue weighted by Gasteiger charge is 2.32. The number of hydrogen-bond acceptors (Lipinski definition) is 7. The number of thioether (sulfide) groups is 1. The zero-order chi connectivity index (χ0) is 20.1. The zero-order valence-electron chi connectivity index (χ0n) is 15.3. The first kappa shape index (κ1) is 20.1. The smallest absolute Gasteiger partial charge is 0.339 e. The van der Waals surface area contributed by atoms with Crippen LogP contribution in [0, 0.1) is 5.92 Å². The van der Waals surface area contributed by atoms with Crippen LogP contribution in [0.5, 0.6) is 5.75 Å². The fourth-order valence-corrected chi connectivity index (χ4v) is 4.30. The van der Waals surface area contributed by atoms with E-state index < -0.39 is 10.1 Å². The molecule has 0 aromatic heterocycles. The molecule has 1 atom stereocenters. The molecule has 3 rings (SSSR count). The summed E-state index contributed by atoms with van der Waals surface area (Å²) >= 11 is 1.34. The van der Waals surface area contributed by atoms with Gasteiger partial charge in [0.05, 0.1) is 11.5 Å². The summed E-state index contributed by atoms with van der Waals surface area (Å²) in [5, 5.41) is 10.9. The maximum absolute atomic E-state index is 12.3. The van der Waals surface area contributed by atoms with Crippen molar-refractivity contribution in [3.63, 3.8) is 0 Å². The molecule has 1 heterocycles. The molecule has 0 radical (unpaired) electrons. The van der Waals surface area contributed by atoms with E-state index in [9.17, 15) is 13.2 Å². The van der Waals surface area contributed by atoms with E-state index in [-0.39, 0.29) is 27.7 Å². The highest BCUT2D eigenvalue weighted by Crippen LogP contribution is 2.25. The molecule has 0 saturated carbocycles. The van der Waals surface area contributed by atoms with E-state index in [4.69, 9.17) is 4.18 Å². The van der Waals surface area contributed by atoms with E-state index >= 15 is 0 Å². The van der Waals surface area contributed by atoms with Crippen molar-refractivity contribution in [3.8, 4) is 5.75 Å². The summed E-state index contributed by atoms with van der Waals surface area (Å²) in [5.74, 6) is 0.293. The van der Waals surface area contributed by atoms with Gasteiger partial charge in [-0.2, -0.15) is 13.5 Å². The summed E-state index contributed by atoms with van der Waals surface area (Å²) in [4.78, 5) is 11.9. The van der Waals surface area contributed by atoms with Crippen molar-refractivity contribution in [2.24, 2.45) is 16.1 Å². The number of carbonyl (C=O) groups is 1. The van der Waals surface area contributed by atoms with Crippen molar-refractivity contribution in [2.45, 2.75) is 24.0 Å². The summed E-state index contributed by atoms with van der Waals surface area (Å²) in [5.41, 5.74) is 0.611.